The third-order valence-electron chi connectivity index (χ3n) is 4.62. The number of benzene rings is 1. The molecule has 2 N–H and O–H groups in total. The number of nitrogens with two attached hydrogens (primary N) is 1. The van der Waals surface area contributed by atoms with E-state index in [9.17, 15) is 13.2 Å². The van der Waals surface area contributed by atoms with Gasteiger partial charge < -0.3 is 5.73 Å². The molecule has 1 saturated carbocycles. The molecule has 3 atom stereocenters. The number of hydrogen-bond acceptors (Lipinski definition) is 2. The Morgan fingerprint density at radius 1 is 1.25 bits per heavy atom. The zero-order valence-corrected chi connectivity index (χ0v) is 11.2. The number of alkyl halides is 3. The first-order valence-electron chi connectivity index (χ1n) is 7.11. The summed E-state index contributed by atoms with van der Waals surface area (Å²) in [6, 6.07) is 5.61. The van der Waals surface area contributed by atoms with Crippen LogP contribution in [0.2, 0.25) is 0 Å². The Hall–Kier alpha value is -1.07. The molecule has 0 aromatic heterocycles. The number of nitrogens with zero attached hydrogens (tertiary/aromatic N) is 1. The predicted octanol–water partition coefficient (Wildman–Crippen LogP) is 3.19. The van der Waals surface area contributed by atoms with Crippen LogP contribution in [0.25, 0.3) is 0 Å². The van der Waals surface area contributed by atoms with Crippen molar-refractivity contribution in [2.24, 2.45) is 11.7 Å². The molecule has 1 aromatic rings. The quantitative estimate of drug-likeness (QED) is 0.923. The number of likely N-dealkylation sites (tertiary alicyclic amines) is 1. The van der Waals surface area contributed by atoms with E-state index in [1.165, 1.54) is 25.0 Å². The molecule has 0 spiro atoms. The molecule has 2 nitrogen and oxygen atoms in total. The van der Waals surface area contributed by atoms with E-state index in [1.54, 1.807) is 6.07 Å². The molecular weight excluding hydrogens is 265 g/mol. The second-order valence-corrected chi connectivity index (χ2v) is 5.98. The van der Waals surface area contributed by atoms with Crippen molar-refractivity contribution in [3.8, 4) is 0 Å². The lowest BCUT2D eigenvalue weighted by atomic mass is 9.99. The molecule has 1 heterocycles. The molecule has 3 unspecified atom stereocenters. The Morgan fingerprint density at radius 3 is 2.60 bits per heavy atom. The standard InChI is InChI=1S/C15H19F3N2/c16-15(17,18)13-4-2-1-3-12(13)14(19)9-20-8-10-5-6-11(20)7-10/h1-4,10-11,14H,5-9,19H2. The Bertz CT molecular complexity index is 486. The third-order valence-corrected chi connectivity index (χ3v) is 4.62. The van der Waals surface area contributed by atoms with Crippen LogP contribution in [-0.4, -0.2) is 24.0 Å². The molecule has 110 valence electrons. The molecule has 2 aliphatic rings. The summed E-state index contributed by atoms with van der Waals surface area (Å²) in [5.74, 6) is 0.727. The molecule has 5 heteroatoms. The molecule has 1 aromatic carbocycles. The smallest absolute Gasteiger partial charge is 0.323 e. The molecular formula is C15H19F3N2. The average molecular weight is 284 g/mol. The topological polar surface area (TPSA) is 29.3 Å². The molecule has 0 amide bonds. The zero-order chi connectivity index (χ0) is 14.3. The van der Waals surface area contributed by atoms with Gasteiger partial charge in [0.2, 0.25) is 0 Å². The first kappa shape index (κ1) is 13.9. The highest BCUT2D eigenvalue weighted by Gasteiger charge is 2.39. The fourth-order valence-corrected chi connectivity index (χ4v) is 3.68. The Morgan fingerprint density at radius 2 is 2.00 bits per heavy atom. The molecule has 2 fully saturated rings. The van der Waals surface area contributed by atoms with Crippen molar-refractivity contribution in [2.75, 3.05) is 13.1 Å². The number of halogens is 3. The van der Waals surface area contributed by atoms with Crippen LogP contribution in [0.3, 0.4) is 0 Å². The van der Waals surface area contributed by atoms with E-state index in [2.05, 4.69) is 4.90 Å². The molecule has 2 bridgehead atoms. The maximum Gasteiger partial charge on any atom is 0.416 e. The highest BCUT2D eigenvalue weighted by atomic mass is 19.4. The third kappa shape index (κ3) is 2.56. The van der Waals surface area contributed by atoms with Crippen LogP contribution < -0.4 is 5.73 Å². The lowest BCUT2D eigenvalue weighted by molar-refractivity contribution is -0.138. The Labute approximate surface area is 116 Å². The first-order valence-corrected chi connectivity index (χ1v) is 7.11. The molecule has 1 aliphatic heterocycles. The second kappa shape index (κ2) is 5.04. The van der Waals surface area contributed by atoms with Crippen molar-refractivity contribution in [1.29, 1.82) is 0 Å². The molecule has 3 rings (SSSR count). The van der Waals surface area contributed by atoms with E-state index in [4.69, 9.17) is 5.73 Å². The van der Waals surface area contributed by atoms with Gasteiger partial charge in [-0.3, -0.25) is 4.90 Å². The maximum absolute atomic E-state index is 13.0. The van der Waals surface area contributed by atoms with Crippen molar-refractivity contribution in [3.05, 3.63) is 35.4 Å². The minimum atomic E-state index is -4.34. The van der Waals surface area contributed by atoms with Gasteiger partial charge in [-0.2, -0.15) is 13.2 Å². The minimum Gasteiger partial charge on any atom is -0.323 e. The van der Waals surface area contributed by atoms with Gasteiger partial charge in [0, 0.05) is 25.2 Å². The minimum absolute atomic E-state index is 0.211. The van der Waals surface area contributed by atoms with Crippen molar-refractivity contribution in [3.63, 3.8) is 0 Å². The summed E-state index contributed by atoms with van der Waals surface area (Å²) in [7, 11) is 0. The van der Waals surface area contributed by atoms with Crippen LogP contribution in [-0.2, 0) is 6.18 Å². The van der Waals surface area contributed by atoms with Gasteiger partial charge in [0.05, 0.1) is 5.56 Å². The number of fused-ring (bicyclic) bond motifs is 2. The lowest BCUT2D eigenvalue weighted by Gasteiger charge is -2.30. The largest absolute Gasteiger partial charge is 0.416 e. The van der Waals surface area contributed by atoms with Crippen LogP contribution in [0.1, 0.15) is 36.4 Å². The lowest BCUT2D eigenvalue weighted by Crippen LogP contribution is -2.38. The van der Waals surface area contributed by atoms with Gasteiger partial charge in [-0.1, -0.05) is 18.2 Å². The fourth-order valence-electron chi connectivity index (χ4n) is 3.68. The Balaban J connectivity index is 1.76. The predicted molar refractivity (Wildman–Crippen MR) is 71.1 cm³/mol. The van der Waals surface area contributed by atoms with E-state index in [0.717, 1.165) is 24.9 Å². The van der Waals surface area contributed by atoms with Gasteiger partial charge in [-0.25, -0.2) is 0 Å². The summed E-state index contributed by atoms with van der Waals surface area (Å²) in [5.41, 5.74) is 5.67. The van der Waals surface area contributed by atoms with Gasteiger partial charge in [-0.15, -0.1) is 0 Å². The van der Waals surface area contributed by atoms with E-state index >= 15 is 0 Å². The van der Waals surface area contributed by atoms with Gasteiger partial charge in [0.25, 0.3) is 0 Å². The summed E-state index contributed by atoms with van der Waals surface area (Å²) in [6.07, 6.45) is -0.723. The Kier molecular flexibility index (Phi) is 3.50. The van der Waals surface area contributed by atoms with Gasteiger partial charge in [0.15, 0.2) is 0 Å². The van der Waals surface area contributed by atoms with E-state index in [0.29, 0.717) is 12.6 Å². The van der Waals surface area contributed by atoms with Gasteiger partial charge in [0.1, 0.15) is 0 Å². The summed E-state index contributed by atoms with van der Waals surface area (Å²) < 4.78 is 39.0. The fraction of sp³-hybridized carbons (Fsp3) is 0.600. The normalized spacial score (nSPS) is 28.0. The van der Waals surface area contributed by atoms with Crippen LogP contribution in [0.4, 0.5) is 13.2 Å². The molecule has 1 aliphatic carbocycles. The van der Waals surface area contributed by atoms with E-state index in [1.807, 2.05) is 0 Å². The SMILES string of the molecule is NC(CN1CC2CCC1C2)c1ccccc1C(F)(F)F. The second-order valence-electron chi connectivity index (χ2n) is 5.98. The highest BCUT2D eigenvalue weighted by molar-refractivity contribution is 5.32. The average Bonchev–Trinajstić information content (AvgIpc) is 3.00. The summed E-state index contributed by atoms with van der Waals surface area (Å²) in [5, 5.41) is 0. The van der Waals surface area contributed by atoms with Crippen molar-refractivity contribution in [2.45, 2.75) is 37.5 Å². The van der Waals surface area contributed by atoms with Crippen molar-refractivity contribution >= 4 is 0 Å². The van der Waals surface area contributed by atoms with Gasteiger partial charge >= 0.3 is 6.18 Å². The summed E-state index contributed by atoms with van der Waals surface area (Å²) in [4.78, 5) is 2.27. The monoisotopic (exact) mass is 284 g/mol. The van der Waals surface area contributed by atoms with Crippen molar-refractivity contribution in [1.82, 2.24) is 4.90 Å². The van der Waals surface area contributed by atoms with E-state index in [-0.39, 0.29) is 5.56 Å². The molecule has 1 saturated heterocycles. The maximum atomic E-state index is 13.0. The van der Waals surface area contributed by atoms with Crippen LogP contribution in [0, 0.1) is 5.92 Å². The first-order chi connectivity index (χ1) is 9.45. The highest BCUT2D eigenvalue weighted by Crippen LogP contribution is 2.39. The number of hydrogen-bond donors (Lipinski definition) is 1. The van der Waals surface area contributed by atoms with Gasteiger partial charge in [-0.05, 0) is 36.8 Å². The number of piperidine rings is 1. The van der Waals surface area contributed by atoms with Crippen LogP contribution in [0.5, 0.6) is 0 Å². The van der Waals surface area contributed by atoms with Crippen LogP contribution in [0.15, 0.2) is 24.3 Å². The zero-order valence-electron chi connectivity index (χ0n) is 11.2. The molecule has 20 heavy (non-hydrogen) atoms. The molecule has 0 radical (unpaired) electrons. The van der Waals surface area contributed by atoms with Crippen LogP contribution >= 0.6 is 0 Å². The summed E-state index contributed by atoms with van der Waals surface area (Å²) in [6.45, 7) is 1.51. The van der Waals surface area contributed by atoms with E-state index < -0.39 is 17.8 Å². The van der Waals surface area contributed by atoms with Crippen molar-refractivity contribution < 1.29 is 13.2 Å². The summed E-state index contributed by atoms with van der Waals surface area (Å²) >= 11 is 0. The number of rotatable bonds is 3.